The van der Waals surface area contributed by atoms with E-state index in [1.165, 1.54) is 96.6 Å². The lowest BCUT2D eigenvalue weighted by molar-refractivity contribution is -0.116. The van der Waals surface area contributed by atoms with E-state index in [1.54, 1.807) is 18.3 Å². The maximum atomic E-state index is 12.4. The van der Waals surface area contributed by atoms with E-state index < -0.39 is 12.0 Å². The summed E-state index contributed by atoms with van der Waals surface area (Å²) in [6, 6.07) is 3.31. The lowest BCUT2D eigenvalue weighted by atomic mass is 10.0. The van der Waals surface area contributed by atoms with Crippen LogP contribution in [-0.2, 0) is 19.0 Å². The molecular formula is C30H50N2O5. The number of pyridine rings is 1. The highest BCUT2D eigenvalue weighted by Gasteiger charge is 2.29. The number of unbranched alkanes of at least 4 members (excludes halogenated alkanes) is 13. The highest BCUT2D eigenvalue weighted by molar-refractivity contribution is 6.11. The third-order valence-corrected chi connectivity index (χ3v) is 6.95. The minimum atomic E-state index is -0.707. The summed E-state index contributed by atoms with van der Waals surface area (Å²) in [5, 5.41) is 0. The van der Waals surface area contributed by atoms with Gasteiger partial charge in [-0.25, -0.2) is 9.69 Å². The van der Waals surface area contributed by atoms with Crippen LogP contribution >= 0.6 is 0 Å². The molecule has 0 radical (unpaired) electrons. The van der Waals surface area contributed by atoms with Gasteiger partial charge in [-0.1, -0.05) is 90.4 Å². The Hall–Kier alpha value is -1.99. The SMILES string of the molecule is CCCCCCCCCCCCCCCCOC[C@H]1CO[C@H](COC(=O)N(C(C)=O)c2cccnc2)C1. The maximum Gasteiger partial charge on any atom is 0.421 e. The molecule has 2 heterocycles. The molecule has 7 nitrogen and oxygen atoms in total. The molecule has 2 atom stereocenters. The summed E-state index contributed by atoms with van der Waals surface area (Å²) in [7, 11) is 0. The molecule has 1 fully saturated rings. The minimum absolute atomic E-state index is 0.123. The van der Waals surface area contributed by atoms with Crippen LogP contribution in [0.25, 0.3) is 0 Å². The zero-order chi connectivity index (χ0) is 26.6. The Kier molecular flexibility index (Phi) is 16.9. The fourth-order valence-corrected chi connectivity index (χ4v) is 4.79. The summed E-state index contributed by atoms with van der Waals surface area (Å²) in [4.78, 5) is 29.3. The second-order valence-corrected chi connectivity index (χ2v) is 10.4. The first-order valence-corrected chi connectivity index (χ1v) is 14.7. The maximum absolute atomic E-state index is 12.4. The van der Waals surface area contributed by atoms with E-state index in [1.807, 2.05) is 0 Å². The van der Waals surface area contributed by atoms with Crippen LogP contribution in [0.1, 0.15) is 110 Å². The number of carbonyl (C=O) groups is 2. The van der Waals surface area contributed by atoms with Gasteiger partial charge in [0.05, 0.1) is 31.2 Å². The Morgan fingerprint density at radius 1 is 0.946 bits per heavy atom. The van der Waals surface area contributed by atoms with Gasteiger partial charge in [-0.2, -0.15) is 0 Å². The van der Waals surface area contributed by atoms with Crippen LogP contribution in [0.4, 0.5) is 10.5 Å². The average Bonchev–Trinajstić information content (AvgIpc) is 3.35. The number of anilines is 1. The summed E-state index contributed by atoms with van der Waals surface area (Å²) >= 11 is 0. The van der Waals surface area contributed by atoms with Gasteiger partial charge in [0.1, 0.15) is 6.61 Å². The van der Waals surface area contributed by atoms with Gasteiger partial charge in [-0.3, -0.25) is 9.78 Å². The number of nitrogens with zero attached hydrogens (tertiary/aromatic N) is 2. The summed E-state index contributed by atoms with van der Waals surface area (Å²) in [5.41, 5.74) is 0.391. The second kappa shape index (κ2) is 20.0. The first-order chi connectivity index (χ1) is 18.1. The number of imide groups is 1. The fraction of sp³-hybridized carbons (Fsp3) is 0.767. The molecule has 7 heteroatoms. The van der Waals surface area contributed by atoms with Crippen molar-refractivity contribution in [3.8, 4) is 0 Å². The fourth-order valence-electron chi connectivity index (χ4n) is 4.79. The summed E-state index contributed by atoms with van der Waals surface area (Å²) in [5.74, 6) is -0.0994. The number of aromatic nitrogens is 1. The van der Waals surface area contributed by atoms with Crippen LogP contribution in [0.3, 0.4) is 0 Å². The van der Waals surface area contributed by atoms with Gasteiger partial charge < -0.3 is 14.2 Å². The summed E-state index contributed by atoms with van der Waals surface area (Å²) in [6.45, 7) is 5.81. The second-order valence-electron chi connectivity index (χ2n) is 10.4. The Balaban J connectivity index is 1.41. The van der Waals surface area contributed by atoms with Crippen molar-refractivity contribution < 1.29 is 23.8 Å². The molecule has 1 aromatic rings. The van der Waals surface area contributed by atoms with Gasteiger partial charge in [0.25, 0.3) is 0 Å². The van der Waals surface area contributed by atoms with E-state index in [0.29, 0.717) is 24.8 Å². The average molecular weight is 519 g/mol. The monoisotopic (exact) mass is 518 g/mol. The topological polar surface area (TPSA) is 78.0 Å². The summed E-state index contributed by atoms with van der Waals surface area (Å²) < 4.78 is 17.0. The number of hydrogen-bond donors (Lipinski definition) is 0. The standard InChI is InChI=1S/C30H50N2O5/c1-3-4-5-6-7-8-9-10-11-12-13-14-15-16-20-35-23-27-21-29(36-24-27)25-37-30(34)32(26(2)33)28-18-17-19-31-22-28/h17-19,22,27,29H,3-16,20-21,23-25H2,1-2H3/t27-,29-/m0/s1. The Labute approximate surface area is 224 Å². The van der Waals surface area contributed by atoms with Crippen LogP contribution < -0.4 is 4.90 Å². The van der Waals surface area contributed by atoms with E-state index in [-0.39, 0.29) is 12.7 Å². The lowest BCUT2D eigenvalue weighted by Crippen LogP contribution is -2.37. The highest BCUT2D eigenvalue weighted by Crippen LogP contribution is 2.21. The molecule has 1 aromatic heterocycles. The van der Waals surface area contributed by atoms with Crippen molar-refractivity contribution in [3.05, 3.63) is 24.5 Å². The molecule has 0 unspecified atom stereocenters. The third-order valence-electron chi connectivity index (χ3n) is 6.95. The van der Waals surface area contributed by atoms with Crippen molar-refractivity contribution in [3.63, 3.8) is 0 Å². The lowest BCUT2D eigenvalue weighted by Gasteiger charge is -2.19. The molecule has 2 rings (SSSR count). The molecule has 37 heavy (non-hydrogen) atoms. The minimum Gasteiger partial charge on any atom is -0.446 e. The normalized spacial score (nSPS) is 17.1. The van der Waals surface area contributed by atoms with Gasteiger partial charge >= 0.3 is 6.09 Å². The summed E-state index contributed by atoms with van der Waals surface area (Å²) in [6.07, 6.45) is 22.0. The number of carbonyl (C=O) groups excluding carboxylic acids is 2. The molecule has 1 saturated heterocycles. The quantitative estimate of drug-likeness (QED) is 0.167. The van der Waals surface area contributed by atoms with Crippen molar-refractivity contribution >= 4 is 17.7 Å². The van der Waals surface area contributed by atoms with Gasteiger partial charge in [-0.15, -0.1) is 0 Å². The van der Waals surface area contributed by atoms with E-state index in [0.717, 1.165) is 24.3 Å². The smallest absolute Gasteiger partial charge is 0.421 e. The molecular weight excluding hydrogens is 468 g/mol. The number of rotatable bonds is 20. The predicted octanol–water partition coefficient (Wildman–Crippen LogP) is 7.47. The highest BCUT2D eigenvalue weighted by atomic mass is 16.6. The van der Waals surface area contributed by atoms with E-state index >= 15 is 0 Å². The Morgan fingerprint density at radius 2 is 1.57 bits per heavy atom. The molecule has 0 spiro atoms. The number of hydrogen-bond acceptors (Lipinski definition) is 6. The zero-order valence-corrected chi connectivity index (χ0v) is 23.3. The first kappa shape index (κ1) is 31.2. The molecule has 0 aliphatic carbocycles. The first-order valence-electron chi connectivity index (χ1n) is 14.7. The van der Waals surface area contributed by atoms with E-state index in [9.17, 15) is 9.59 Å². The van der Waals surface area contributed by atoms with Gasteiger partial charge in [-0.05, 0) is 25.0 Å². The molecule has 0 aromatic carbocycles. The molecule has 1 aliphatic heterocycles. The number of amides is 2. The van der Waals surface area contributed by atoms with Gasteiger partial charge in [0.2, 0.25) is 5.91 Å². The molecule has 1 aliphatic rings. The van der Waals surface area contributed by atoms with Crippen molar-refractivity contribution in [2.24, 2.45) is 5.92 Å². The largest absolute Gasteiger partial charge is 0.446 e. The molecule has 210 valence electrons. The molecule has 0 N–H and O–H groups in total. The van der Waals surface area contributed by atoms with Crippen molar-refractivity contribution in [2.45, 2.75) is 116 Å². The number of ether oxygens (including phenoxy) is 3. The van der Waals surface area contributed by atoms with Crippen molar-refractivity contribution in [2.75, 3.05) is 31.3 Å². The van der Waals surface area contributed by atoms with Gasteiger partial charge in [0.15, 0.2) is 0 Å². The zero-order valence-electron chi connectivity index (χ0n) is 23.3. The van der Waals surface area contributed by atoms with E-state index in [2.05, 4.69) is 11.9 Å². The third kappa shape index (κ3) is 13.9. The van der Waals surface area contributed by atoms with Crippen LogP contribution in [0.15, 0.2) is 24.5 Å². The van der Waals surface area contributed by atoms with Crippen molar-refractivity contribution in [1.29, 1.82) is 0 Å². The van der Waals surface area contributed by atoms with Crippen LogP contribution in [0.5, 0.6) is 0 Å². The molecule has 0 saturated carbocycles. The Bertz CT molecular complexity index is 730. The van der Waals surface area contributed by atoms with Gasteiger partial charge in [0, 0.05) is 25.6 Å². The van der Waals surface area contributed by atoms with E-state index in [4.69, 9.17) is 14.2 Å². The Morgan fingerprint density at radius 3 is 2.14 bits per heavy atom. The van der Waals surface area contributed by atoms with Crippen LogP contribution in [0.2, 0.25) is 0 Å². The predicted molar refractivity (Wildman–Crippen MR) is 148 cm³/mol. The van der Waals surface area contributed by atoms with Crippen LogP contribution in [0, 0.1) is 5.92 Å². The molecule has 0 bridgehead atoms. The van der Waals surface area contributed by atoms with Crippen LogP contribution in [-0.4, -0.2) is 49.5 Å². The molecule has 2 amide bonds. The van der Waals surface area contributed by atoms with Crippen molar-refractivity contribution in [1.82, 2.24) is 4.98 Å².